The van der Waals surface area contributed by atoms with Gasteiger partial charge in [-0.05, 0) is 54.7 Å². The van der Waals surface area contributed by atoms with Gasteiger partial charge >= 0.3 is 0 Å². The molecule has 0 aliphatic carbocycles. The minimum atomic E-state index is -3.61. The number of hydrogen-bond acceptors (Lipinski definition) is 10. The first-order valence-electron chi connectivity index (χ1n) is 10.2. The highest BCUT2D eigenvalue weighted by atomic mass is 35.5. The van der Waals surface area contributed by atoms with Gasteiger partial charge < -0.3 is 24.9 Å². The molecule has 3 N–H and O–H groups in total. The quantitative estimate of drug-likeness (QED) is 0.159. The normalized spacial score (nSPS) is 12.3. The Kier molecular flexibility index (Phi) is 9.17. The summed E-state index contributed by atoms with van der Waals surface area (Å²) >= 11 is 11.0. The first kappa shape index (κ1) is 26.6. The van der Waals surface area contributed by atoms with Crippen molar-refractivity contribution >= 4 is 51.2 Å². The number of nitrogens with zero attached hydrogens (tertiary/aromatic N) is 4. The van der Waals surface area contributed by atoms with Gasteiger partial charge in [0.1, 0.15) is 6.73 Å². The van der Waals surface area contributed by atoms with E-state index in [2.05, 4.69) is 25.6 Å². The second kappa shape index (κ2) is 12.1. The number of H-pyrrole nitrogens is 1. The summed E-state index contributed by atoms with van der Waals surface area (Å²) in [6, 6.07) is 12.5. The van der Waals surface area contributed by atoms with E-state index < -0.39 is 22.0 Å². The number of carboxylic acids is 1. The molecule has 12 nitrogen and oxygen atoms in total. The Labute approximate surface area is 211 Å². The number of benzene rings is 2. The van der Waals surface area contributed by atoms with Crippen LogP contribution in [0.25, 0.3) is 5.69 Å². The molecule has 3 aromatic rings. The molecule has 1 heterocycles. The van der Waals surface area contributed by atoms with Crippen LogP contribution in [-0.4, -0.2) is 73.3 Å². The summed E-state index contributed by atoms with van der Waals surface area (Å²) in [7, 11) is -3.61. The van der Waals surface area contributed by atoms with Gasteiger partial charge in [0.05, 0.1) is 30.6 Å². The number of ether oxygens (including phenoxy) is 1. The van der Waals surface area contributed by atoms with Gasteiger partial charge in [0, 0.05) is 29.5 Å². The van der Waals surface area contributed by atoms with Crippen molar-refractivity contribution in [2.45, 2.75) is 6.04 Å². The zero-order valence-corrected chi connectivity index (χ0v) is 20.9. The number of sulfonamides is 1. The second-order valence-corrected chi connectivity index (χ2v) is 9.96. The van der Waals surface area contributed by atoms with Crippen molar-refractivity contribution in [3.63, 3.8) is 0 Å². The molecule has 0 amide bonds. The van der Waals surface area contributed by atoms with Crippen molar-refractivity contribution in [3.8, 4) is 5.69 Å². The third-order valence-electron chi connectivity index (χ3n) is 4.78. The zero-order chi connectivity index (χ0) is 25.4. The lowest BCUT2D eigenvalue weighted by atomic mass is 10.2. The van der Waals surface area contributed by atoms with Crippen LogP contribution in [0.4, 0.5) is 11.4 Å². The summed E-state index contributed by atoms with van der Waals surface area (Å²) in [4.78, 5) is 13.3. The largest absolute Gasteiger partial charge is 0.548 e. The van der Waals surface area contributed by atoms with Crippen LogP contribution in [0.5, 0.6) is 0 Å². The van der Waals surface area contributed by atoms with Gasteiger partial charge in [0.2, 0.25) is 14.8 Å². The molecule has 0 fully saturated rings. The minimum absolute atomic E-state index is 0.127. The van der Waals surface area contributed by atoms with Crippen LogP contribution in [0.2, 0.25) is 5.02 Å². The van der Waals surface area contributed by atoms with Crippen LogP contribution in [0, 0.1) is 4.77 Å². The molecule has 15 heteroatoms. The van der Waals surface area contributed by atoms with Crippen molar-refractivity contribution in [2.75, 3.05) is 42.9 Å². The second-order valence-electron chi connectivity index (χ2n) is 7.32. The predicted octanol–water partition coefficient (Wildman–Crippen LogP) is 0.539. The van der Waals surface area contributed by atoms with E-state index in [4.69, 9.17) is 28.6 Å². The Morgan fingerprint density at radius 1 is 1.31 bits per heavy atom. The molecule has 35 heavy (non-hydrogen) atoms. The fourth-order valence-corrected chi connectivity index (χ4v) is 3.91. The molecular formula is C20H23ClN7O5S2-. The molecule has 0 saturated carbocycles. The third-order valence-corrected chi connectivity index (χ3v) is 5.98. The molecular weight excluding hydrogens is 518 g/mol. The number of halogens is 1. The van der Waals surface area contributed by atoms with Gasteiger partial charge in [0.25, 0.3) is 0 Å². The van der Waals surface area contributed by atoms with Crippen molar-refractivity contribution in [2.24, 2.45) is 0 Å². The Morgan fingerprint density at radius 2 is 2.06 bits per heavy atom. The van der Waals surface area contributed by atoms with Gasteiger partial charge in [-0.15, -0.1) is 0 Å². The molecule has 1 atom stereocenters. The summed E-state index contributed by atoms with van der Waals surface area (Å²) < 4.78 is 32.7. The highest BCUT2D eigenvalue weighted by Gasteiger charge is 2.21. The van der Waals surface area contributed by atoms with E-state index >= 15 is 0 Å². The summed E-state index contributed by atoms with van der Waals surface area (Å²) in [6.07, 6.45) is 0.951. The molecule has 0 saturated heterocycles. The maximum absolute atomic E-state index is 11.8. The number of anilines is 2. The van der Waals surface area contributed by atoms with Crippen molar-refractivity contribution in [1.29, 1.82) is 0 Å². The van der Waals surface area contributed by atoms with E-state index in [9.17, 15) is 18.3 Å². The van der Waals surface area contributed by atoms with Crippen LogP contribution in [0.15, 0.2) is 48.5 Å². The Bertz CT molecular complexity index is 1300. The number of carbonyl (C=O) groups is 1. The lowest BCUT2D eigenvalue weighted by Gasteiger charge is -2.34. The Morgan fingerprint density at radius 3 is 2.69 bits per heavy atom. The van der Waals surface area contributed by atoms with Crippen molar-refractivity contribution in [3.05, 3.63) is 58.3 Å². The molecule has 1 aromatic heterocycles. The standard InChI is InChI=1S/C20H24ClN7O5S2/c1-35(31,32)23-12-18(19(29)30)27(16-7-5-14(21)6-8-16)9-10-33-13-22-15-3-2-4-17(11-15)28-20(34)24-25-26-28/h2-8,11,18,22-23H,9-10,12-13H2,1H3,(H,29,30)(H,24,26,34)/p-1. The number of hydrogen-bond donors (Lipinski definition) is 3. The Balaban J connectivity index is 1.62. The monoisotopic (exact) mass is 540 g/mol. The molecule has 0 aliphatic heterocycles. The van der Waals surface area contributed by atoms with E-state index in [0.717, 1.165) is 17.6 Å². The zero-order valence-electron chi connectivity index (χ0n) is 18.5. The van der Waals surface area contributed by atoms with Crippen LogP contribution < -0.4 is 20.0 Å². The first-order valence-corrected chi connectivity index (χ1v) is 12.9. The average Bonchev–Trinajstić information content (AvgIpc) is 3.23. The topological polar surface area (TPSA) is 157 Å². The van der Waals surface area contributed by atoms with E-state index in [0.29, 0.717) is 10.7 Å². The number of rotatable bonds is 13. The lowest BCUT2D eigenvalue weighted by Crippen LogP contribution is -2.54. The summed E-state index contributed by atoms with van der Waals surface area (Å²) in [5.74, 6) is -1.43. The smallest absolute Gasteiger partial charge is 0.242 e. The van der Waals surface area contributed by atoms with Crippen LogP contribution in [0.3, 0.4) is 0 Å². The number of carboxylic acid groups (broad SMARTS) is 1. The fraction of sp³-hybridized carbons (Fsp3) is 0.300. The number of aliphatic carboxylic acids is 1. The van der Waals surface area contributed by atoms with Gasteiger partial charge in [0.15, 0.2) is 0 Å². The Hall–Kier alpha value is -3.04. The summed E-state index contributed by atoms with van der Waals surface area (Å²) in [5, 5.41) is 25.5. The number of carbonyl (C=O) groups excluding carboxylic acids is 1. The van der Waals surface area contributed by atoms with Crippen molar-refractivity contribution < 1.29 is 23.1 Å². The van der Waals surface area contributed by atoms with Gasteiger partial charge in [-0.25, -0.2) is 17.8 Å². The van der Waals surface area contributed by atoms with E-state index in [1.807, 2.05) is 24.3 Å². The SMILES string of the molecule is CS(=O)(=O)NCC(C(=O)[O-])N(CCOCNc1cccc(-n2[nH]nnc2=S)c1)c1ccc(Cl)cc1. The highest BCUT2D eigenvalue weighted by molar-refractivity contribution is 7.88. The van der Waals surface area contributed by atoms with Crippen LogP contribution >= 0.6 is 23.8 Å². The maximum Gasteiger partial charge on any atom is 0.242 e. The van der Waals surface area contributed by atoms with Crippen molar-refractivity contribution in [1.82, 2.24) is 24.9 Å². The number of nitrogens with one attached hydrogen (secondary N) is 3. The summed E-state index contributed by atoms with van der Waals surface area (Å²) in [6.45, 7) is 0.0256. The van der Waals surface area contributed by atoms with Crippen LogP contribution in [0.1, 0.15) is 0 Å². The van der Waals surface area contributed by atoms with E-state index in [1.54, 1.807) is 24.3 Å². The first-order chi connectivity index (χ1) is 16.6. The van der Waals surface area contributed by atoms with Crippen LogP contribution in [-0.2, 0) is 19.6 Å². The predicted molar refractivity (Wildman–Crippen MR) is 131 cm³/mol. The molecule has 2 aromatic carbocycles. The molecule has 1 unspecified atom stereocenters. The van der Waals surface area contributed by atoms with Gasteiger partial charge in [-0.2, -0.15) is 5.21 Å². The molecule has 188 valence electrons. The average molecular weight is 541 g/mol. The van der Waals surface area contributed by atoms with Gasteiger partial charge in [-0.1, -0.05) is 28.0 Å². The fourth-order valence-electron chi connectivity index (χ4n) is 3.14. The van der Waals surface area contributed by atoms with E-state index in [-0.39, 0.29) is 31.2 Å². The molecule has 0 radical (unpaired) electrons. The maximum atomic E-state index is 11.8. The molecule has 3 rings (SSSR count). The highest BCUT2D eigenvalue weighted by Crippen LogP contribution is 2.20. The molecule has 0 spiro atoms. The minimum Gasteiger partial charge on any atom is -0.548 e. The number of aromatic amines is 1. The number of aromatic nitrogens is 4. The number of tetrazole rings is 1. The summed E-state index contributed by atoms with van der Waals surface area (Å²) in [5.41, 5.74) is 2.00. The lowest BCUT2D eigenvalue weighted by molar-refractivity contribution is -0.307. The molecule has 0 aliphatic rings. The third kappa shape index (κ3) is 8.00. The van der Waals surface area contributed by atoms with E-state index in [1.165, 1.54) is 9.58 Å². The molecule has 0 bridgehead atoms. The van der Waals surface area contributed by atoms with Gasteiger partial charge in [-0.3, -0.25) is 0 Å².